The second-order valence-corrected chi connectivity index (χ2v) is 9.03. The number of non-ortho nitro benzene ring substituents is 1. The fourth-order valence-electron chi connectivity index (χ4n) is 2.96. The van der Waals surface area contributed by atoms with Gasteiger partial charge in [-0.05, 0) is 43.3 Å². The summed E-state index contributed by atoms with van der Waals surface area (Å²) in [5, 5.41) is 14.7. The summed E-state index contributed by atoms with van der Waals surface area (Å²) in [5.41, 5.74) is 3.70. The lowest BCUT2D eigenvalue weighted by molar-refractivity contribution is -0.384. The van der Waals surface area contributed by atoms with Gasteiger partial charge in [0.2, 0.25) is 0 Å². The van der Waals surface area contributed by atoms with Gasteiger partial charge >= 0.3 is 0 Å². The van der Waals surface area contributed by atoms with Crippen molar-refractivity contribution in [3.63, 3.8) is 0 Å². The smallest absolute Gasteiger partial charge is 0.270 e. The van der Waals surface area contributed by atoms with Crippen LogP contribution in [0.4, 0.5) is 11.4 Å². The number of nitrogens with zero attached hydrogens (tertiary/aromatic N) is 3. The first-order valence-electron chi connectivity index (χ1n) is 10.0. The third-order valence-electron chi connectivity index (χ3n) is 4.74. The zero-order valence-electron chi connectivity index (χ0n) is 18.4. The number of benzene rings is 3. The number of anilines is 1. The van der Waals surface area contributed by atoms with Crippen LogP contribution in [-0.4, -0.2) is 39.1 Å². The number of nitrogens with one attached hydrogen (secondary N) is 1. The Balaban J connectivity index is 1.83. The molecule has 0 aliphatic rings. The standard InChI is InChI=1S/C23H22N4O6S/c1-17-6-12-22(13-7-17)34(31,32)26(19-8-10-21(33-2)11-9-19)16-23(28)25-24-15-18-4-3-5-20(14-18)27(29)30/h3-15H,16H2,1-2H3,(H,25,28)/b24-15+. The van der Waals surface area contributed by atoms with Gasteiger partial charge in [-0.25, -0.2) is 13.8 Å². The van der Waals surface area contributed by atoms with Crippen LogP contribution in [0.15, 0.2) is 82.8 Å². The average molecular weight is 483 g/mol. The molecule has 1 N–H and O–H groups in total. The molecule has 0 bridgehead atoms. The summed E-state index contributed by atoms with van der Waals surface area (Å²) in [5.74, 6) is -0.171. The van der Waals surface area contributed by atoms with Crippen LogP contribution in [0, 0.1) is 17.0 Å². The highest BCUT2D eigenvalue weighted by Crippen LogP contribution is 2.26. The van der Waals surface area contributed by atoms with E-state index in [0.29, 0.717) is 11.3 Å². The number of hydrogen-bond donors (Lipinski definition) is 1. The molecule has 0 aromatic heterocycles. The van der Waals surface area contributed by atoms with Crippen LogP contribution < -0.4 is 14.5 Å². The molecule has 0 radical (unpaired) electrons. The van der Waals surface area contributed by atoms with Gasteiger partial charge in [0, 0.05) is 17.7 Å². The summed E-state index contributed by atoms with van der Waals surface area (Å²) in [6, 6.07) is 18.2. The van der Waals surface area contributed by atoms with Gasteiger partial charge in [0.15, 0.2) is 0 Å². The molecule has 11 heteroatoms. The number of nitro benzene ring substituents is 1. The zero-order chi connectivity index (χ0) is 24.7. The molecule has 3 aromatic rings. The summed E-state index contributed by atoms with van der Waals surface area (Å²) < 4.78 is 32.8. The number of hydrogen-bond acceptors (Lipinski definition) is 7. The van der Waals surface area contributed by atoms with Crippen LogP contribution >= 0.6 is 0 Å². The fraction of sp³-hybridized carbons (Fsp3) is 0.130. The van der Waals surface area contributed by atoms with Gasteiger partial charge in [-0.2, -0.15) is 5.10 Å². The number of methoxy groups -OCH3 is 1. The van der Waals surface area contributed by atoms with E-state index in [0.717, 1.165) is 9.87 Å². The van der Waals surface area contributed by atoms with Gasteiger partial charge in [0.1, 0.15) is 12.3 Å². The van der Waals surface area contributed by atoms with Gasteiger partial charge in [-0.1, -0.05) is 29.8 Å². The highest BCUT2D eigenvalue weighted by atomic mass is 32.2. The summed E-state index contributed by atoms with van der Waals surface area (Å²) in [7, 11) is -2.58. The maximum Gasteiger partial charge on any atom is 0.270 e. The third kappa shape index (κ3) is 5.95. The fourth-order valence-corrected chi connectivity index (χ4v) is 4.39. The molecule has 0 saturated carbocycles. The summed E-state index contributed by atoms with van der Waals surface area (Å²) >= 11 is 0. The van der Waals surface area contributed by atoms with Crippen LogP contribution in [0.25, 0.3) is 0 Å². The topological polar surface area (TPSA) is 131 Å². The molecule has 0 aliphatic heterocycles. The first kappa shape index (κ1) is 24.4. The molecule has 0 atom stereocenters. The second kappa shape index (κ2) is 10.6. The number of amides is 1. The molecule has 3 aromatic carbocycles. The lowest BCUT2D eigenvalue weighted by atomic mass is 10.2. The SMILES string of the molecule is COc1ccc(N(CC(=O)N/N=C/c2cccc([N+](=O)[O-])c2)S(=O)(=O)c2ccc(C)cc2)cc1. The van der Waals surface area contributed by atoms with E-state index in [4.69, 9.17) is 4.74 Å². The first-order chi connectivity index (χ1) is 16.2. The van der Waals surface area contributed by atoms with Crippen molar-refractivity contribution in [1.82, 2.24) is 5.43 Å². The van der Waals surface area contributed by atoms with Gasteiger partial charge in [0.25, 0.3) is 21.6 Å². The van der Waals surface area contributed by atoms with E-state index >= 15 is 0 Å². The molecule has 10 nitrogen and oxygen atoms in total. The summed E-state index contributed by atoms with van der Waals surface area (Å²) in [4.78, 5) is 23.0. The number of rotatable bonds is 9. The molecule has 0 aliphatic carbocycles. The number of hydrazone groups is 1. The van der Waals surface area contributed by atoms with Gasteiger partial charge in [-0.3, -0.25) is 19.2 Å². The minimum Gasteiger partial charge on any atom is -0.497 e. The van der Waals surface area contributed by atoms with Crippen molar-refractivity contribution >= 4 is 33.5 Å². The van der Waals surface area contributed by atoms with E-state index in [9.17, 15) is 23.3 Å². The van der Waals surface area contributed by atoms with Gasteiger partial charge in [-0.15, -0.1) is 0 Å². The predicted octanol–water partition coefficient (Wildman–Crippen LogP) is 3.26. The van der Waals surface area contributed by atoms with E-state index in [1.165, 1.54) is 55.8 Å². The Morgan fingerprint density at radius 1 is 1.12 bits per heavy atom. The molecule has 34 heavy (non-hydrogen) atoms. The average Bonchev–Trinajstić information content (AvgIpc) is 2.83. The Morgan fingerprint density at radius 2 is 1.79 bits per heavy atom. The van der Waals surface area contributed by atoms with Crippen LogP contribution in [-0.2, 0) is 14.8 Å². The molecule has 176 valence electrons. The van der Waals surface area contributed by atoms with E-state index in [-0.39, 0.29) is 16.3 Å². The Morgan fingerprint density at radius 3 is 2.41 bits per heavy atom. The van der Waals surface area contributed by atoms with E-state index in [2.05, 4.69) is 10.5 Å². The van der Waals surface area contributed by atoms with E-state index in [1.54, 1.807) is 30.3 Å². The lowest BCUT2D eigenvalue weighted by Crippen LogP contribution is -2.39. The number of nitro groups is 1. The Hall–Kier alpha value is -4.25. The van der Waals surface area contributed by atoms with Gasteiger partial charge < -0.3 is 4.74 Å². The van der Waals surface area contributed by atoms with Crippen molar-refractivity contribution in [1.29, 1.82) is 0 Å². The summed E-state index contributed by atoms with van der Waals surface area (Å²) in [6.07, 6.45) is 1.23. The van der Waals surface area contributed by atoms with Crippen molar-refractivity contribution in [3.05, 3.63) is 94.0 Å². The van der Waals surface area contributed by atoms with Crippen molar-refractivity contribution in [2.24, 2.45) is 5.10 Å². The number of ether oxygens (including phenoxy) is 1. The number of aryl methyl sites for hydroxylation is 1. The predicted molar refractivity (Wildman–Crippen MR) is 128 cm³/mol. The van der Waals surface area contributed by atoms with E-state index in [1.807, 2.05) is 6.92 Å². The first-order valence-corrected chi connectivity index (χ1v) is 11.4. The molecular weight excluding hydrogens is 460 g/mol. The van der Waals surface area contributed by atoms with Crippen molar-refractivity contribution < 1.29 is 22.9 Å². The van der Waals surface area contributed by atoms with Crippen molar-refractivity contribution in [2.75, 3.05) is 18.0 Å². The third-order valence-corrected chi connectivity index (χ3v) is 6.53. The largest absolute Gasteiger partial charge is 0.497 e. The molecule has 1 amide bonds. The van der Waals surface area contributed by atoms with Crippen LogP contribution in [0.2, 0.25) is 0 Å². The molecule has 0 heterocycles. The highest BCUT2D eigenvalue weighted by molar-refractivity contribution is 7.92. The lowest BCUT2D eigenvalue weighted by Gasteiger charge is -2.24. The molecule has 0 saturated heterocycles. The molecule has 3 rings (SSSR count). The Kier molecular flexibility index (Phi) is 7.59. The van der Waals surface area contributed by atoms with Crippen molar-refractivity contribution in [3.8, 4) is 5.75 Å². The van der Waals surface area contributed by atoms with E-state index < -0.39 is 27.4 Å². The van der Waals surface area contributed by atoms with Crippen molar-refractivity contribution in [2.45, 2.75) is 11.8 Å². The minimum absolute atomic E-state index is 0.0295. The van der Waals surface area contributed by atoms with Crippen LogP contribution in [0.1, 0.15) is 11.1 Å². The quantitative estimate of drug-likeness (QED) is 0.283. The normalized spacial score (nSPS) is 11.2. The maximum atomic E-state index is 13.3. The molecule has 0 fully saturated rings. The second-order valence-electron chi connectivity index (χ2n) is 7.17. The monoisotopic (exact) mass is 482 g/mol. The molecule has 0 unspecified atom stereocenters. The number of carbonyl (C=O) groups is 1. The molecule has 0 spiro atoms. The molecular formula is C23H22N4O6S. The van der Waals surface area contributed by atoms with Crippen LogP contribution in [0.3, 0.4) is 0 Å². The number of sulfonamides is 1. The van der Waals surface area contributed by atoms with Gasteiger partial charge in [0.05, 0.1) is 28.8 Å². The Labute approximate surface area is 196 Å². The minimum atomic E-state index is -4.07. The summed E-state index contributed by atoms with van der Waals surface area (Å²) in [6.45, 7) is 1.29. The zero-order valence-corrected chi connectivity index (χ0v) is 19.2. The number of carbonyl (C=O) groups excluding carboxylic acids is 1. The van der Waals surface area contributed by atoms with Crippen LogP contribution in [0.5, 0.6) is 5.75 Å². The Bertz CT molecular complexity index is 1310. The highest BCUT2D eigenvalue weighted by Gasteiger charge is 2.27. The maximum absolute atomic E-state index is 13.3.